The molecule has 0 aliphatic carbocycles. The monoisotopic (exact) mass is 362 g/mol. The van der Waals surface area contributed by atoms with Gasteiger partial charge in [-0.05, 0) is 44.1 Å². The Morgan fingerprint density at radius 3 is 2.58 bits per heavy atom. The quantitative estimate of drug-likeness (QED) is 0.646. The Hall–Kier alpha value is -1.96. The number of nitrogens with zero attached hydrogens (tertiary/aromatic N) is 1. The van der Waals surface area contributed by atoms with E-state index < -0.39 is 5.54 Å². The molecule has 7 heteroatoms. The lowest BCUT2D eigenvalue weighted by Gasteiger charge is -2.31. The van der Waals surface area contributed by atoms with Gasteiger partial charge in [-0.1, -0.05) is 19.9 Å². The molecule has 7 nitrogen and oxygen atoms in total. The second kappa shape index (κ2) is 9.66. The number of nitrogens with one attached hydrogen (secondary N) is 2. The van der Waals surface area contributed by atoms with E-state index in [4.69, 9.17) is 10.5 Å². The molecule has 1 aliphatic rings. The molecule has 0 atom stereocenters. The van der Waals surface area contributed by atoms with Gasteiger partial charge in [0, 0.05) is 37.6 Å². The van der Waals surface area contributed by atoms with E-state index in [9.17, 15) is 9.59 Å². The standard InChI is InChI=1S/C19H30N4O3/c1-3-23(4-2)11-10-21-17(24)15-6-5-7-16(14-15)22-18(25)19(20)8-12-26-13-9-19/h5-7,14H,3-4,8-13,20H2,1-2H3,(H,21,24)(H,22,25). The molecule has 1 aromatic carbocycles. The molecule has 144 valence electrons. The van der Waals surface area contributed by atoms with Crippen LogP contribution in [0.3, 0.4) is 0 Å². The summed E-state index contributed by atoms with van der Waals surface area (Å²) in [5.41, 5.74) is 6.36. The number of anilines is 1. The summed E-state index contributed by atoms with van der Waals surface area (Å²) in [6.07, 6.45) is 0.981. The SMILES string of the molecule is CCN(CC)CCNC(=O)c1cccc(NC(=O)C2(N)CCOCC2)c1. The number of ether oxygens (including phenoxy) is 1. The minimum absolute atomic E-state index is 0.151. The van der Waals surface area contributed by atoms with Gasteiger partial charge in [0.1, 0.15) is 5.54 Å². The topological polar surface area (TPSA) is 96.7 Å². The molecule has 1 heterocycles. The highest BCUT2D eigenvalue weighted by Gasteiger charge is 2.35. The van der Waals surface area contributed by atoms with Crippen LogP contribution in [0.15, 0.2) is 24.3 Å². The number of carbonyl (C=O) groups excluding carboxylic acids is 2. The van der Waals surface area contributed by atoms with Crippen molar-refractivity contribution in [2.75, 3.05) is 44.7 Å². The number of hydrogen-bond donors (Lipinski definition) is 3. The molecule has 0 saturated carbocycles. The third-order valence-electron chi connectivity index (χ3n) is 4.83. The Balaban J connectivity index is 1.92. The average Bonchev–Trinajstić information content (AvgIpc) is 2.66. The molecule has 1 saturated heterocycles. The van der Waals surface area contributed by atoms with E-state index in [0.717, 1.165) is 19.6 Å². The number of benzene rings is 1. The van der Waals surface area contributed by atoms with Crippen molar-refractivity contribution >= 4 is 17.5 Å². The summed E-state index contributed by atoms with van der Waals surface area (Å²) in [6.45, 7) is 8.48. The summed E-state index contributed by atoms with van der Waals surface area (Å²) in [6, 6.07) is 6.91. The van der Waals surface area contributed by atoms with E-state index >= 15 is 0 Å². The Morgan fingerprint density at radius 2 is 1.92 bits per heavy atom. The summed E-state index contributed by atoms with van der Waals surface area (Å²) in [5, 5.41) is 5.75. The highest BCUT2D eigenvalue weighted by Crippen LogP contribution is 2.20. The molecular formula is C19H30N4O3. The molecule has 4 N–H and O–H groups in total. The minimum Gasteiger partial charge on any atom is -0.381 e. The maximum Gasteiger partial charge on any atom is 0.251 e. The van der Waals surface area contributed by atoms with Gasteiger partial charge in [0.05, 0.1) is 0 Å². The number of amides is 2. The molecule has 1 fully saturated rings. The lowest BCUT2D eigenvalue weighted by molar-refractivity contribution is -0.124. The Labute approximate surface area is 155 Å². The molecule has 1 aromatic rings. The number of likely N-dealkylation sites (N-methyl/N-ethyl adjacent to an activating group) is 1. The summed E-state index contributed by atoms with van der Waals surface area (Å²) in [5.74, 6) is -0.387. The fourth-order valence-electron chi connectivity index (χ4n) is 2.93. The Kier molecular flexibility index (Phi) is 7.56. The zero-order valence-corrected chi connectivity index (χ0v) is 15.7. The number of nitrogens with two attached hydrogens (primary N) is 1. The summed E-state index contributed by atoms with van der Waals surface area (Å²) < 4.78 is 5.27. The first-order valence-electron chi connectivity index (χ1n) is 9.27. The van der Waals surface area contributed by atoms with E-state index in [-0.39, 0.29) is 11.8 Å². The zero-order valence-electron chi connectivity index (χ0n) is 15.7. The van der Waals surface area contributed by atoms with Crippen molar-refractivity contribution in [2.24, 2.45) is 5.73 Å². The van der Waals surface area contributed by atoms with Crippen molar-refractivity contribution < 1.29 is 14.3 Å². The lowest BCUT2D eigenvalue weighted by atomic mass is 9.90. The van der Waals surface area contributed by atoms with Crippen LogP contribution in [-0.4, -0.2) is 61.6 Å². The van der Waals surface area contributed by atoms with E-state index in [1.807, 2.05) is 0 Å². The highest BCUT2D eigenvalue weighted by molar-refractivity contribution is 6.00. The zero-order chi connectivity index (χ0) is 19.0. The molecule has 2 rings (SSSR count). The van der Waals surface area contributed by atoms with Crippen molar-refractivity contribution in [3.8, 4) is 0 Å². The molecular weight excluding hydrogens is 332 g/mol. The molecule has 26 heavy (non-hydrogen) atoms. The predicted molar refractivity (Wildman–Crippen MR) is 102 cm³/mol. The molecule has 0 radical (unpaired) electrons. The van der Waals surface area contributed by atoms with Gasteiger partial charge < -0.3 is 26.0 Å². The van der Waals surface area contributed by atoms with Crippen molar-refractivity contribution in [1.82, 2.24) is 10.2 Å². The Bertz CT molecular complexity index is 611. The number of carbonyl (C=O) groups is 2. The van der Waals surface area contributed by atoms with Crippen LogP contribution in [0.25, 0.3) is 0 Å². The van der Waals surface area contributed by atoms with Crippen LogP contribution in [0.1, 0.15) is 37.0 Å². The van der Waals surface area contributed by atoms with Crippen molar-refractivity contribution in [3.63, 3.8) is 0 Å². The van der Waals surface area contributed by atoms with Crippen LogP contribution in [0, 0.1) is 0 Å². The van der Waals surface area contributed by atoms with Crippen LogP contribution in [0.4, 0.5) is 5.69 Å². The van der Waals surface area contributed by atoms with Crippen molar-refractivity contribution in [3.05, 3.63) is 29.8 Å². The average molecular weight is 362 g/mol. The molecule has 0 spiro atoms. The van der Waals surface area contributed by atoms with E-state index in [2.05, 4.69) is 29.4 Å². The van der Waals surface area contributed by atoms with E-state index in [1.165, 1.54) is 0 Å². The van der Waals surface area contributed by atoms with E-state index in [1.54, 1.807) is 24.3 Å². The summed E-state index contributed by atoms with van der Waals surface area (Å²) in [4.78, 5) is 27.0. The predicted octanol–water partition coefficient (Wildman–Crippen LogP) is 1.20. The van der Waals surface area contributed by atoms with Crippen LogP contribution in [0.2, 0.25) is 0 Å². The Morgan fingerprint density at radius 1 is 1.23 bits per heavy atom. The van der Waals surface area contributed by atoms with Gasteiger partial charge in [-0.15, -0.1) is 0 Å². The third-order valence-corrected chi connectivity index (χ3v) is 4.83. The summed E-state index contributed by atoms with van der Waals surface area (Å²) >= 11 is 0. The fourth-order valence-corrected chi connectivity index (χ4v) is 2.93. The van der Waals surface area contributed by atoms with Crippen molar-refractivity contribution in [1.29, 1.82) is 0 Å². The number of hydrogen-bond acceptors (Lipinski definition) is 5. The van der Waals surface area contributed by atoms with Gasteiger partial charge in [-0.2, -0.15) is 0 Å². The van der Waals surface area contributed by atoms with Gasteiger partial charge in [0.2, 0.25) is 5.91 Å². The van der Waals surface area contributed by atoms with Gasteiger partial charge in [-0.3, -0.25) is 9.59 Å². The van der Waals surface area contributed by atoms with E-state index in [0.29, 0.717) is 43.9 Å². The maximum absolute atomic E-state index is 12.5. The molecule has 0 aromatic heterocycles. The lowest BCUT2D eigenvalue weighted by Crippen LogP contribution is -2.54. The maximum atomic E-state index is 12.5. The normalized spacial score (nSPS) is 16.3. The first-order valence-corrected chi connectivity index (χ1v) is 9.27. The minimum atomic E-state index is -0.916. The van der Waals surface area contributed by atoms with Gasteiger partial charge >= 0.3 is 0 Å². The molecule has 0 unspecified atom stereocenters. The number of rotatable bonds is 8. The van der Waals surface area contributed by atoms with Gasteiger partial charge in [0.15, 0.2) is 0 Å². The van der Waals surface area contributed by atoms with Crippen LogP contribution in [-0.2, 0) is 9.53 Å². The van der Waals surface area contributed by atoms with Crippen LogP contribution >= 0.6 is 0 Å². The van der Waals surface area contributed by atoms with Gasteiger partial charge in [-0.25, -0.2) is 0 Å². The van der Waals surface area contributed by atoms with Crippen LogP contribution in [0.5, 0.6) is 0 Å². The van der Waals surface area contributed by atoms with Crippen molar-refractivity contribution in [2.45, 2.75) is 32.2 Å². The highest BCUT2D eigenvalue weighted by atomic mass is 16.5. The summed E-state index contributed by atoms with van der Waals surface area (Å²) in [7, 11) is 0. The first kappa shape index (κ1) is 20.4. The molecule has 2 amide bonds. The van der Waals surface area contributed by atoms with Gasteiger partial charge in [0.25, 0.3) is 5.91 Å². The largest absolute Gasteiger partial charge is 0.381 e. The second-order valence-electron chi connectivity index (χ2n) is 6.59. The second-order valence-corrected chi connectivity index (χ2v) is 6.59. The van der Waals surface area contributed by atoms with Crippen LogP contribution < -0.4 is 16.4 Å². The smallest absolute Gasteiger partial charge is 0.251 e. The first-order chi connectivity index (χ1) is 12.5. The molecule has 0 bridgehead atoms. The molecule has 1 aliphatic heterocycles. The third kappa shape index (κ3) is 5.52. The fraction of sp³-hybridized carbons (Fsp3) is 0.579.